The Morgan fingerprint density at radius 3 is 2.89 bits per heavy atom. The number of benzene rings is 2. The van der Waals surface area contributed by atoms with Gasteiger partial charge in [-0.25, -0.2) is 4.79 Å². The second-order valence-corrected chi connectivity index (χ2v) is 6.50. The molecule has 3 aromatic rings. The third-order valence-corrected chi connectivity index (χ3v) is 4.45. The van der Waals surface area contributed by atoms with Crippen LogP contribution in [0.4, 0.5) is 5.69 Å². The number of H-pyrrole nitrogens is 2. The number of hydrogen-bond donors (Lipinski definition) is 3. The first kappa shape index (κ1) is 17.0. The summed E-state index contributed by atoms with van der Waals surface area (Å²) >= 11 is 0. The molecule has 2 heterocycles. The Bertz CT molecular complexity index is 1110. The monoisotopic (exact) mass is 365 g/mol. The maximum absolute atomic E-state index is 12.3. The molecule has 0 radical (unpaired) electrons. The number of rotatable bonds is 4. The SMILES string of the molecule is COc1cc2c(cc1C=CC(=O)Nc1ccc3[nH]c(=O)[nH]c3c1)OC(C)C2. The van der Waals surface area contributed by atoms with E-state index in [1.807, 2.05) is 19.1 Å². The molecule has 0 aliphatic carbocycles. The molecular formula is C20H19N3O4. The number of ether oxygens (including phenoxy) is 2. The fourth-order valence-corrected chi connectivity index (χ4v) is 3.22. The van der Waals surface area contributed by atoms with Gasteiger partial charge >= 0.3 is 5.69 Å². The van der Waals surface area contributed by atoms with Gasteiger partial charge in [-0.2, -0.15) is 0 Å². The average Bonchev–Trinajstić information content (AvgIpc) is 3.18. The molecule has 0 spiro atoms. The van der Waals surface area contributed by atoms with Gasteiger partial charge in [0.2, 0.25) is 5.91 Å². The second kappa shape index (κ2) is 6.68. The summed E-state index contributed by atoms with van der Waals surface area (Å²) in [7, 11) is 1.60. The molecule has 0 saturated carbocycles. The molecule has 1 unspecified atom stereocenters. The van der Waals surface area contributed by atoms with E-state index in [1.165, 1.54) is 6.08 Å². The molecule has 2 aromatic carbocycles. The quantitative estimate of drug-likeness (QED) is 0.620. The van der Waals surface area contributed by atoms with Crippen LogP contribution in [0, 0.1) is 0 Å². The van der Waals surface area contributed by atoms with Gasteiger partial charge in [0.1, 0.15) is 17.6 Å². The predicted molar refractivity (Wildman–Crippen MR) is 103 cm³/mol. The van der Waals surface area contributed by atoms with Crippen molar-refractivity contribution >= 4 is 28.7 Å². The molecule has 27 heavy (non-hydrogen) atoms. The van der Waals surface area contributed by atoms with E-state index >= 15 is 0 Å². The normalized spacial score (nSPS) is 15.7. The summed E-state index contributed by atoms with van der Waals surface area (Å²) in [6.45, 7) is 2.02. The van der Waals surface area contributed by atoms with Crippen molar-refractivity contribution in [1.82, 2.24) is 9.97 Å². The number of hydrogen-bond acceptors (Lipinski definition) is 4. The zero-order valence-electron chi connectivity index (χ0n) is 15.0. The van der Waals surface area contributed by atoms with Crippen molar-refractivity contribution in [3.05, 3.63) is 58.0 Å². The Hall–Kier alpha value is -3.48. The van der Waals surface area contributed by atoms with Gasteiger partial charge in [0.25, 0.3) is 0 Å². The minimum atomic E-state index is -0.288. The van der Waals surface area contributed by atoms with E-state index in [4.69, 9.17) is 9.47 Å². The summed E-state index contributed by atoms with van der Waals surface area (Å²) in [4.78, 5) is 28.9. The molecule has 1 aliphatic rings. The summed E-state index contributed by atoms with van der Waals surface area (Å²) in [6.07, 6.45) is 4.12. The summed E-state index contributed by atoms with van der Waals surface area (Å²) in [5.41, 5.74) is 3.50. The van der Waals surface area contributed by atoms with E-state index in [1.54, 1.807) is 31.4 Å². The number of anilines is 1. The van der Waals surface area contributed by atoms with E-state index in [9.17, 15) is 9.59 Å². The highest BCUT2D eigenvalue weighted by molar-refractivity contribution is 6.03. The lowest BCUT2D eigenvalue weighted by Crippen LogP contribution is -2.07. The van der Waals surface area contributed by atoms with Crippen LogP contribution in [0.5, 0.6) is 11.5 Å². The Kier molecular flexibility index (Phi) is 4.19. The molecule has 0 fully saturated rings. The summed E-state index contributed by atoms with van der Waals surface area (Å²) in [5, 5.41) is 2.78. The summed E-state index contributed by atoms with van der Waals surface area (Å²) in [5.74, 6) is 1.23. The Labute approximate surface area is 155 Å². The Morgan fingerprint density at radius 2 is 2.07 bits per heavy atom. The molecule has 7 nitrogen and oxygen atoms in total. The first-order valence-electron chi connectivity index (χ1n) is 8.60. The lowest BCUT2D eigenvalue weighted by Gasteiger charge is -2.08. The van der Waals surface area contributed by atoms with Crippen LogP contribution in [0.2, 0.25) is 0 Å². The molecule has 1 atom stereocenters. The maximum atomic E-state index is 12.3. The molecule has 1 aliphatic heterocycles. The zero-order chi connectivity index (χ0) is 19.0. The smallest absolute Gasteiger partial charge is 0.323 e. The van der Waals surface area contributed by atoms with Gasteiger partial charge < -0.3 is 24.8 Å². The number of nitrogens with one attached hydrogen (secondary N) is 3. The summed E-state index contributed by atoms with van der Waals surface area (Å²) in [6, 6.07) is 8.99. The predicted octanol–water partition coefficient (Wildman–Crippen LogP) is 2.84. The average molecular weight is 365 g/mol. The number of imidazole rings is 1. The number of amides is 1. The topological polar surface area (TPSA) is 96.2 Å². The van der Waals surface area contributed by atoms with Crippen molar-refractivity contribution in [3.63, 3.8) is 0 Å². The maximum Gasteiger partial charge on any atom is 0.323 e. The molecule has 4 rings (SSSR count). The van der Waals surface area contributed by atoms with Crippen LogP contribution in [0.1, 0.15) is 18.1 Å². The first-order chi connectivity index (χ1) is 13.0. The molecule has 138 valence electrons. The van der Waals surface area contributed by atoms with Crippen LogP contribution in [0.25, 0.3) is 17.1 Å². The van der Waals surface area contributed by atoms with E-state index in [0.717, 1.165) is 23.3 Å². The summed E-state index contributed by atoms with van der Waals surface area (Å²) < 4.78 is 11.2. The van der Waals surface area contributed by atoms with Crippen molar-refractivity contribution in [2.45, 2.75) is 19.4 Å². The molecule has 1 aromatic heterocycles. The molecule has 0 bridgehead atoms. The molecular weight excluding hydrogens is 346 g/mol. The Morgan fingerprint density at radius 1 is 1.26 bits per heavy atom. The van der Waals surface area contributed by atoms with E-state index < -0.39 is 0 Å². The number of aromatic nitrogens is 2. The van der Waals surface area contributed by atoms with Crippen LogP contribution < -0.4 is 20.5 Å². The lowest BCUT2D eigenvalue weighted by atomic mass is 10.1. The number of fused-ring (bicyclic) bond motifs is 2. The van der Waals surface area contributed by atoms with E-state index in [2.05, 4.69) is 15.3 Å². The number of aromatic amines is 2. The minimum Gasteiger partial charge on any atom is -0.496 e. The van der Waals surface area contributed by atoms with Crippen molar-refractivity contribution in [1.29, 1.82) is 0 Å². The van der Waals surface area contributed by atoms with Crippen molar-refractivity contribution in [2.75, 3.05) is 12.4 Å². The van der Waals surface area contributed by atoms with Gasteiger partial charge in [-0.05, 0) is 43.3 Å². The van der Waals surface area contributed by atoms with Crippen LogP contribution in [0.15, 0.2) is 41.2 Å². The largest absolute Gasteiger partial charge is 0.496 e. The first-order valence-corrected chi connectivity index (χ1v) is 8.60. The number of carbonyl (C=O) groups is 1. The van der Waals surface area contributed by atoms with Crippen molar-refractivity contribution in [2.24, 2.45) is 0 Å². The van der Waals surface area contributed by atoms with Crippen LogP contribution in [0.3, 0.4) is 0 Å². The van der Waals surface area contributed by atoms with Gasteiger partial charge in [0.05, 0.1) is 18.1 Å². The highest BCUT2D eigenvalue weighted by atomic mass is 16.5. The van der Waals surface area contributed by atoms with Crippen LogP contribution >= 0.6 is 0 Å². The highest BCUT2D eigenvalue weighted by Crippen LogP contribution is 2.35. The van der Waals surface area contributed by atoms with E-state index in [-0.39, 0.29) is 17.7 Å². The fraction of sp³-hybridized carbons (Fsp3) is 0.200. The van der Waals surface area contributed by atoms with Gasteiger partial charge in [0.15, 0.2) is 0 Å². The van der Waals surface area contributed by atoms with Crippen LogP contribution in [-0.2, 0) is 11.2 Å². The Balaban J connectivity index is 1.52. The molecule has 1 amide bonds. The second-order valence-electron chi connectivity index (χ2n) is 6.50. The molecule has 3 N–H and O–H groups in total. The molecule has 7 heteroatoms. The minimum absolute atomic E-state index is 0.141. The fourth-order valence-electron chi connectivity index (χ4n) is 3.22. The molecule has 0 saturated heterocycles. The number of methoxy groups -OCH3 is 1. The lowest BCUT2D eigenvalue weighted by molar-refractivity contribution is -0.111. The van der Waals surface area contributed by atoms with Crippen molar-refractivity contribution < 1.29 is 14.3 Å². The van der Waals surface area contributed by atoms with Gasteiger partial charge in [-0.15, -0.1) is 0 Å². The van der Waals surface area contributed by atoms with Gasteiger partial charge in [-0.1, -0.05) is 0 Å². The zero-order valence-corrected chi connectivity index (χ0v) is 15.0. The van der Waals surface area contributed by atoms with Crippen LogP contribution in [-0.4, -0.2) is 29.1 Å². The number of carbonyl (C=O) groups excluding carboxylic acids is 1. The third kappa shape index (κ3) is 3.44. The standard InChI is InChI=1S/C20H19N3O4/c1-11-7-13-9-17(26-2)12(8-18(13)27-11)3-6-19(24)21-14-4-5-15-16(10-14)23-20(25)22-15/h3-6,8-11H,7H2,1-2H3,(H,21,24)(H2,22,23,25). The van der Waals surface area contributed by atoms with E-state index in [0.29, 0.717) is 22.5 Å². The van der Waals surface area contributed by atoms with Gasteiger partial charge in [0, 0.05) is 29.3 Å². The highest BCUT2D eigenvalue weighted by Gasteiger charge is 2.21. The third-order valence-electron chi connectivity index (χ3n) is 4.45. The van der Waals surface area contributed by atoms with Gasteiger partial charge in [-0.3, -0.25) is 4.79 Å². The van der Waals surface area contributed by atoms with Crippen molar-refractivity contribution in [3.8, 4) is 11.5 Å².